The van der Waals surface area contributed by atoms with Crippen LogP contribution >= 0.6 is 0 Å². The maximum absolute atomic E-state index is 12.2. The van der Waals surface area contributed by atoms with Crippen LogP contribution in [0.2, 0.25) is 0 Å². The number of nitrogens with zero attached hydrogens (tertiary/aromatic N) is 1. The Hall–Kier alpha value is -2.59. The summed E-state index contributed by atoms with van der Waals surface area (Å²) in [5, 5.41) is 8.73. The highest BCUT2D eigenvalue weighted by Gasteiger charge is 2.23. The number of hydrogen-bond donors (Lipinski definition) is 1. The molecule has 0 aliphatic carbocycles. The molecule has 0 aliphatic heterocycles. The van der Waals surface area contributed by atoms with E-state index in [1.165, 1.54) is 12.1 Å². The van der Waals surface area contributed by atoms with Crippen LogP contribution in [-0.4, -0.2) is 14.3 Å². The number of sulfonamides is 1. The molecule has 120 valence electrons. The van der Waals surface area contributed by atoms with Crippen LogP contribution < -0.4 is 4.72 Å². The fraction of sp³-hybridized carbons (Fsp3) is 0.250. The van der Waals surface area contributed by atoms with Crippen molar-refractivity contribution in [1.82, 2.24) is 4.72 Å². The quantitative estimate of drug-likeness (QED) is 0.926. The first-order chi connectivity index (χ1) is 10.7. The number of nitrogens with one attached hydrogen (secondary N) is 1. The zero-order chi connectivity index (χ0) is 17.2. The van der Waals surface area contributed by atoms with E-state index in [1.54, 1.807) is 32.9 Å². The molecule has 0 spiro atoms. The highest BCUT2D eigenvalue weighted by Crippen LogP contribution is 2.20. The number of nitriles is 1. The van der Waals surface area contributed by atoms with Gasteiger partial charge in [-0.25, -0.2) is 13.1 Å². The maximum atomic E-state index is 12.2. The molecular formula is C16H16N2O4S. The van der Waals surface area contributed by atoms with Gasteiger partial charge >= 0.3 is 0 Å². The Labute approximate surface area is 134 Å². The number of furan rings is 1. The van der Waals surface area contributed by atoms with Crippen molar-refractivity contribution in [2.24, 2.45) is 0 Å². The smallest absolute Gasteiger partial charge is 0.268 e. The minimum atomic E-state index is -3.85. The molecule has 2 aromatic rings. The molecule has 0 saturated carbocycles. The van der Waals surface area contributed by atoms with Crippen LogP contribution in [0.1, 0.15) is 38.6 Å². The van der Waals surface area contributed by atoms with Gasteiger partial charge < -0.3 is 4.42 Å². The summed E-state index contributed by atoms with van der Waals surface area (Å²) < 4.78 is 31.7. The number of aryl methyl sites for hydroxylation is 2. The average molecular weight is 332 g/mol. The Morgan fingerprint density at radius 1 is 1.17 bits per heavy atom. The molecule has 6 nitrogen and oxygen atoms in total. The van der Waals surface area contributed by atoms with Crippen LogP contribution in [0, 0.1) is 32.1 Å². The van der Waals surface area contributed by atoms with Gasteiger partial charge in [0.15, 0.2) is 0 Å². The summed E-state index contributed by atoms with van der Waals surface area (Å²) in [4.78, 5) is 12.2. The van der Waals surface area contributed by atoms with Crippen molar-refractivity contribution in [3.05, 3.63) is 58.0 Å². The summed E-state index contributed by atoms with van der Waals surface area (Å²) in [6.45, 7) is 5.03. The fourth-order valence-electron chi connectivity index (χ4n) is 2.25. The second-order valence-electron chi connectivity index (χ2n) is 5.21. The van der Waals surface area contributed by atoms with Crippen molar-refractivity contribution in [1.29, 1.82) is 5.26 Å². The minimum Gasteiger partial charge on any atom is -0.466 e. The van der Waals surface area contributed by atoms with Gasteiger partial charge in [-0.1, -0.05) is 12.1 Å². The van der Waals surface area contributed by atoms with E-state index in [4.69, 9.17) is 9.68 Å². The predicted molar refractivity (Wildman–Crippen MR) is 84.2 cm³/mol. The molecule has 0 bridgehead atoms. The highest BCUT2D eigenvalue weighted by atomic mass is 32.2. The Morgan fingerprint density at radius 2 is 1.78 bits per heavy atom. The number of carbonyl (C=O) groups is 1. The monoisotopic (exact) mass is 332 g/mol. The van der Waals surface area contributed by atoms with Crippen LogP contribution in [0.3, 0.4) is 0 Å². The van der Waals surface area contributed by atoms with Crippen molar-refractivity contribution < 1.29 is 17.6 Å². The Balaban J connectivity index is 2.17. The number of benzene rings is 1. The van der Waals surface area contributed by atoms with E-state index in [9.17, 15) is 13.2 Å². The second kappa shape index (κ2) is 6.26. The predicted octanol–water partition coefficient (Wildman–Crippen LogP) is 2.34. The molecular weight excluding hydrogens is 316 g/mol. The largest absolute Gasteiger partial charge is 0.466 e. The van der Waals surface area contributed by atoms with Crippen molar-refractivity contribution >= 4 is 15.9 Å². The topological polar surface area (TPSA) is 100 Å². The molecule has 1 heterocycles. The lowest BCUT2D eigenvalue weighted by Crippen LogP contribution is -2.32. The molecule has 23 heavy (non-hydrogen) atoms. The fourth-order valence-corrected chi connectivity index (χ4v) is 3.34. The first kappa shape index (κ1) is 16.8. The number of carbonyl (C=O) groups excluding carboxylic acids is 1. The van der Waals surface area contributed by atoms with Gasteiger partial charge in [-0.15, -0.1) is 0 Å². The van der Waals surface area contributed by atoms with Gasteiger partial charge in [0, 0.05) is 5.56 Å². The SMILES string of the molecule is Cc1oc(C)c(C(=O)NS(=O)(=O)Cc2ccc(C#N)cc2)c1C. The van der Waals surface area contributed by atoms with Crippen molar-refractivity contribution in [2.45, 2.75) is 26.5 Å². The highest BCUT2D eigenvalue weighted by molar-refractivity contribution is 7.89. The molecule has 1 amide bonds. The molecule has 0 fully saturated rings. The van der Waals surface area contributed by atoms with Crippen molar-refractivity contribution in [3.63, 3.8) is 0 Å². The van der Waals surface area contributed by atoms with Crippen LogP contribution in [-0.2, 0) is 15.8 Å². The first-order valence-electron chi connectivity index (χ1n) is 6.84. The van der Waals surface area contributed by atoms with E-state index in [2.05, 4.69) is 4.72 Å². The standard InChI is InChI=1S/C16H16N2O4S/c1-10-11(2)22-12(3)15(10)16(19)18-23(20,21)9-14-6-4-13(8-17)5-7-14/h4-7H,9H2,1-3H3,(H,18,19). The molecule has 1 aromatic carbocycles. The Bertz CT molecular complexity index is 887. The zero-order valence-corrected chi connectivity index (χ0v) is 13.8. The van der Waals surface area contributed by atoms with Gasteiger partial charge in [0.2, 0.25) is 10.0 Å². The van der Waals surface area contributed by atoms with Gasteiger partial charge in [-0.2, -0.15) is 5.26 Å². The first-order valence-corrected chi connectivity index (χ1v) is 8.49. The maximum Gasteiger partial charge on any atom is 0.268 e. The summed E-state index contributed by atoms with van der Waals surface area (Å²) in [7, 11) is -3.85. The summed E-state index contributed by atoms with van der Waals surface area (Å²) in [6.07, 6.45) is 0. The van der Waals surface area contributed by atoms with Crippen molar-refractivity contribution in [2.75, 3.05) is 0 Å². The molecule has 0 saturated heterocycles. The number of hydrogen-bond acceptors (Lipinski definition) is 5. The third-order valence-corrected chi connectivity index (χ3v) is 4.69. The van der Waals surface area contributed by atoms with Crippen LogP contribution in [0.4, 0.5) is 0 Å². The Kier molecular flexibility index (Phi) is 4.57. The normalized spacial score (nSPS) is 11.0. The molecule has 0 unspecified atom stereocenters. The summed E-state index contributed by atoms with van der Waals surface area (Å²) >= 11 is 0. The number of rotatable bonds is 4. The third kappa shape index (κ3) is 3.79. The van der Waals surface area contributed by atoms with Gasteiger partial charge in [-0.05, 0) is 38.5 Å². The zero-order valence-electron chi connectivity index (χ0n) is 13.0. The third-order valence-electron chi connectivity index (χ3n) is 3.48. The van der Waals surface area contributed by atoms with E-state index < -0.39 is 15.9 Å². The lowest BCUT2D eigenvalue weighted by Gasteiger charge is -2.07. The minimum absolute atomic E-state index is 0.242. The average Bonchev–Trinajstić information content (AvgIpc) is 2.72. The lowest BCUT2D eigenvalue weighted by atomic mass is 10.1. The molecule has 0 atom stereocenters. The van der Waals surface area contributed by atoms with Crippen LogP contribution in [0.5, 0.6) is 0 Å². The van der Waals surface area contributed by atoms with Gasteiger partial charge in [0.05, 0.1) is 22.9 Å². The van der Waals surface area contributed by atoms with E-state index in [-0.39, 0.29) is 11.3 Å². The van der Waals surface area contributed by atoms with E-state index in [1.807, 2.05) is 6.07 Å². The second-order valence-corrected chi connectivity index (χ2v) is 6.94. The summed E-state index contributed by atoms with van der Waals surface area (Å²) in [5.41, 5.74) is 1.79. The van der Waals surface area contributed by atoms with Crippen LogP contribution in [0.25, 0.3) is 0 Å². The van der Waals surface area contributed by atoms with E-state index in [0.29, 0.717) is 28.2 Å². The Morgan fingerprint density at radius 3 is 2.26 bits per heavy atom. The molecule has 0 radical (unpaired) electrons. The van der Waals surface area contributed by atoms with Crippen LogP contribution in [0.15, 0.2) is 28.7 Å². The van der Waals surface area contributed by atoms with Gasteiger partial charge in [-0.3, -0.25) is 4.79 Å². The molecule has 0 aliphatic rings. The summed E-state index contributed by atoms with van der Waals surface area (Å²) in [5.74, 6) is -0.0898. The van der Waals surface area contributed by atoms with Gasteiger partial charge in [0.1, 0.15) is 11.5 Å². The molecule has 1 N–H and O–H groups in total. The molecule has 1 aromatic heterocycles. The number of amides is 1. The molecule has 7 heteroatoms. The molecule has 2 rings (SSSR count). The van der Waals surface area contributed by atoms with Crippen molar-refractivity contribution in [3.8, 4) is 6.07 Å². The van der Waals surface area contributed by atoms with Gasteiger partial charge in [0.25, 0.3) is 5.91 Å². The van der Waals surface area contributed by atoms with E-state index in [0.717, 1.165) is 0 Å². The summed E-state index contributed by atoms with van der Waals surface area (Å²) in [6, 6.07) is 8.10. The van der Waals surface area contributed by atoms with E-state index >= 15 is 0 Å². The lowest BCUT2D eigenvalue weighted by molar-refractivity contribution is 0.0979.